The molecular weight excluding hydrogens is 383 g/mol. The van der Waals surface area contributed by atoms with Crippen LogP contribution >= 0.6 is 11.3 Å². The van der Waals surface area contributed by atoms with E-state index in [-0.39, 0.29) is 22.9 Å². The van der Waals surface area contributed by atoms with Gasteiger partial charge in [0.25, 0.3) is 0 Å². The number of aromatic nitrogens is 1. The SMILES string of the molecule is Cc1ccc(S(=O)(=O)N2CCN(c3ncc(C(=O)ON)s3)CC2)cc1F. The number of rotatable bonds is 4. The van der Waals surface area contributed by atoms with Gasteiger partial charge < -0.3 is 9.74 Å². The van der Waals surface area contributed by atoms with E-state index >= 15 is 0 Å². The molecule has 2 N–H and O–H groups in total. The Kier molecular flexibility index (Phi) is 5.23. The zero-order valence-corrected chi connectivity index (χ0v) is 15.5. The quantitative estimate of drug-likeness (QED) is 0.767. The first-order valence-corrected chi connectivity index (χ1v) is 9.96. The number of nitrogens with zero attached hydrogens (tertiary/aromatic N) is 3. The van der Waals surface area contributed by atoms with Gasteiger partial charge in [-0.15, -0.1) is 0 Å². The molecule has 0 atom stereocenters. The maximum atomic E-state index is 13.7. The van der Waals surface area contributed by atoms with Gasteiger partial charge in [0, 0.05) is 26.2 Å². The Balaban J connectivity index is 1.70. The molecule has 0 saturated carbocycles. The van der Waals surface area contributed by atoms with Crippen LogP contribution in [0.1, 0.15) is 15.2 Å². The van der Waals surface area contributed by atoms with Crippen molar-refractivity contribution >= 4 is 32.5 Å². The van der Waals surface area contributed by atoms with Crippen LogP contribution in [0.5, 0.6) is 0 Å². The summed E-state index contributed by atoms with van der Waals surface area (Å²) in [4.78, 5) is 21.8. The van der Waals surface area contributed by atoms with Gasteiger partial charge in [-0.1, -0.05) is 17.4 Å². The number of nitrogens with two attached hydrogens (primary N) is 1. The van der Waals surface area contributed by atoms with Gasteiger partial charge >= 0.3 is 5.97 Å². The second-order valence-corrected chi connectivity index (χ2v) is 8.66. The Bertz CT molecular complexity index is 923. The van der Waals surface area contributed by atoms with E-state index in [1.54, 1.807) is 6.92 Å². The lowest BCUT2D eigenvalue weighted by atomic mass is 10.2. The molecule has 26 heavy (non-hydrogen) atoms. The minimum Gasteiger partial charge on any atom is -0.369 e. The molecule has 1 aromatic heterocycles. The fourth-order valence-corrected chi connectivity index (χ4v) is 4.85. The van der Waals surface area contributed by atoms with Gasteiger partial charge in [-0.2, -0.15) is 10.2 Å². The molecule has 0 amide bonds. The van der Waals surface area contributed by atoms with E-state index in [2.05, 4.69) is 9.82 Å². The van der Waals surface area contributed by atoms with Crippen molar-refractivity contribution in [3.8, 4) is 0 Å². The van der Waals surface area contributed by atoms with Crippen molar-refractivity contribution < 1.29 is 22.4 Å². The first-order chi connectivity index (χ1) is 12.3. The Morgan fingerprint density at radius 1 is 1.31 bits per heavy atom. The summed E-state index contributed by atoms with van der Waals surface area (Å²) in [5.41, 5.74) is 0.393. The molecule has 0 aliphatic carbocycles. The molecule has 3 rings (SSSR count). The van der Waals surface area contributed by atoms with Gasteiger partial charge in [0.15, 0.2) is 5.13 Å². The number of thiazole rings is 1. The standard InChI is InChI=1S/C15H17FN4O4S2/c1-10-2-3-11(8-12(10)16)26(22,23)20-6-4-19(5-7-20)15-18-9-13(25-15)14(21)24-17/h2-3,8-9H,4-7,17H2,1H3. The van der Waals surface area contributed by atoms with Crippen molar-refractivity contribution in [1.82, 2.24) is 9.29 Å². The Labute approximate surface area is 154 Å². The molecule has 1 fully saturated rings. The number of benzene rings is 1. The van der Waals surface area contributed by atoms with Crippen molar-refractivity contribution in [2.75, 3.05) is 31.1 Å². The largest absolute Gasteiger partial charge is 0.369 e. The predicted octanol–water partition coefficient (Wildman–Crippen LogP) is 1.13. The molecule has 0 radical (unpaired) electrons. The van der Waals surface area contributed by atoms with E-state index in [1.165, 1.54) is 22.6 Å². The molecule has 8 nitrogen and oxygen atoms in total. The molecule has 1 aromatic carbocycles. The summed E-state index contributed by atoms with van der Waals surface area (Å²) >= 11 is 1.12. The van der Waals surface area contributed by atoms with Crippen LogP contribution in [0.25, 0.3) is 0 Å². The van der Waals surface area contributed by atoms with Crippen LogP contribution in [0, 0.1) is 12.7 Å². The average Bonchev–Trinajstić information content (AvgIpc) is 3.13. The van der Waals surface area contributed by atoms with Crippen LogP contribution in [-0.2, 0) is 14.9 Å². The summed E-state index contributed by atoms with van der Waals surface area (Å²) in [5, 5.41) is 0.587. The number of hydrogen-bond acceptors (Lipinski definition) is 8. The van der Waals surface area contributed by atoms with E-state index in [4.69, 9.17) is 5.90 Å². The molecule has 1 saturated heterocycles. The predicted molar refractivity (Wildman–Crippen MR) is 93.8 cm³/mol. The smallest absolute Gasteiger partial charge is 0.368 e. The van der Waals surface area contributed by atoms with Crippen LogP contribution in [0.15, 0.2) is 29.3 Å². The van der Waals surface area contributed by atoms with Gasteiger partial charge in [-0.05, 0) is 24.6 Å². The Morgan fingerprint density at radius 3 is 2.62 bits per heavy atom. The maximum absolute atomic E-state index is 13.7. The Morgan fingerprint density at radius 2 is 2.00 bits per heavy atom. The van der Waals surface area contributed by atoms with Crippen LogP contribution in [-0.4, -0.2) is 49.9 Å². The highest BCUT2D eigenvalue weighted by molar-refractivity contribution is 7.89. The summed E-state index contributed by atoms with van der Waals surface area (Å²) in [6, 6.07) is 3.90. The molecule has 1 aliphatic rings. The van der Waals surface area contributed by atoms with Crippen molar-refractivity contribution in [2.24, 2.45) is 5.90 Å². The summed E-state index contributed by atoms with van der Waals surface area (Å²) in [7, 11) is -3.76. The summed E-state index contributed by atoms with van der Waals surface area (Å²) < 4.78 is 40.4. The van der Waals surface area contributed by atoms with Gasteiger partial charge in [-0.25, -0.2) is 22.6 Å². The van der Waals surface area contributed by atoms with Crippen LogP contribution in [0.3, 0.4) is 0 Å². The number of aryl methyl sites for hydroxylation is 1. The van der Waals surface area contributed by atoms with E-state index < -0.39 is 21.8 Å². The first-order valence-electron chi connectivity index (χ1n) is 7.71. The molecule has 140 valence electrons. The lowest BCUT2D eigenvalue weighted by molar-refractivity contribution is 0.0509. The van der Waals surface area contributed by atoms with Crippen LogP contribution in [0.2, 0.25) is 0 Å². The van der Waals surface area contributed by atoms with Gasteiger partial charge in [0.1, 0.15) is 10.7 Å². The van der Waals surface area contributed by atoms with Crippen molar-refractivity contribution in [2.45, 2.75) is 11.8 Å². The molecular formula is C15H17FN4O4S2. The summed E-state index contributed by atoms with van der Waals surface area (Å²) in [6.07, 6.45) is 1.37. The lowest BCUT2D eigenvalue weighted by Gasteiger charge is -2.33. The summed E-state index contributed by atoms with van der Waals surface area (Å²) in [5.74, 6) is 3.63. The average molecular weight is 400 g/mol. The maximum Gasteiger partial charge on any atom is 0.368 e. The fraction of sp³-hybridized carbons (Fsp3) is 0.333. The lowest BCUT2D eigenvalue weighted by Crippen LogP contribution is -2.48. The highest BCUT2D eigenvalue weighted by Gasteiger charge is 2.30. The highest BCUT2D eigenvalue weighted by atomic mass is 32.2. The number of carbonyl (C=O) groups is 1. The third-order valence-electron chi connectivity index (χ3n) is 4.09. The minimum atomic E-state index is -3.76. The zero-order valence-electron chi connectivity index (χ0n) is 13.9. The molecule has 2 heterocycles. The number of hydrogen-bond donors (Lipinski definition) is 1. The first kappa shape index (κ1) is 18.7. The van der Waals surface area contributed by atoms with E-state index in [1.807, 2.05) is 4.90 Å². The second kappa shape index (κ2) is 7.27. The molecule has 0 spiro atoms. The van der Waals surface area contributed by atoms with E-state index in [9.17, 15) is 17.6 Å². The van der Waals surface area contributed by atoms with E-state index in [0.717, 1.165) is 17.4 Å². The molecule has 0 bridgehead atoms. The van der Waals surface area contributed by atoms with Crippen LogP contribution < -0.4 is 10.8 Å². The van der Waals surface area contributed by atoms with Crippen molar-refractivity contribution in [3.05, 3.63) is 40.7 Å². The molecule has 2 aromatic rings. The molecule has 0 unspecified atom stereocenters. The number of halogens is 1. The van der Waals surface area contributed by atoms with Gasteiger partial charge in [0.2, 0.25) is 10.0 Å². The van der Waals surface area contributed by atoms with Crippen molar-refractivity contribution in [3.63, 3.8) is 0 Å². The van der Waals surface area contributed by atoms with Gasteiger partial charge in [-0.3, -0.25) is 0 Å². The van der Waals surface area contributed by atoms with E-state index in [0.29, 0.717) is 23.8 Å². The zero-order chi connectivity index (χ0) is 18.9. The minimum absolute atomic E-state index is 0.0590. The van der Waals surface area contributed by atoms with Crippen LogP contribution in [0.4, 0.5) is 9.52 Å². The number of piperazine rings is 1. The third kappa shape index (κ3) is 3.56. The molecule has 11 heteroatoms. The number of sulfonamides is 1. The monoisotopic (exact) mass is 400 g/mol. The topological polar surface area (TPSA) is 106 Å². The van der Waals surface area contributed by atoms with Crippen molar-refractivity contribution in [1.29, 1.82) is 0 Å². The number of anilines is 1. The Hall–Kier alpha value is -2.08. The van der Waals surface area contributed by atoms with Gasteiger partial charge in [0.05, 0.1) is 11.1 Å². The normalized spacial score (nSPS) is 15.9. The molecule has 1 aliphatic heterocycles. The summed E-state index contributed by atoms with van der Waals surface area (Å²) in [6.45, 7) is 2.84. The fourth-order valence-electron chi connectivity index (χ4n) is 2.57. The number of carbonyl (C=O) groups excluding carboxylic acids is 1. The third-order valence-corrected chi connectivity index (χ3v) is 7.02. The second-order valence-electron chi connectivity index (χ2n) is 5.71. The highest BCUT2D eigenvalue weighted by Crippen LogP contribution is 2.26.